The maximum atomic E-state index is 10.6. The van der Waals surface area contributed by atoms with E-state index in [9.17, 15) is 5.11 Å². The Morgan fingerprint density at radius 1 is 0.966 bits per heavy atom. The molecule has 29 heavy (non-hydrogen) atoms. The molecule has 0 aliphatic heterocycles. The molecule has 4 aliphatic rings. The molecule has 2 nitrogen and oxygen atoms in total. The number of hydrogen-bond donors (Lipinski definition) is 1. The minimum atomic E-state index is -0.389. The molecule has 4 aliphatic carbocycles. The normalized spacial score (nSPS) is 46.6. The molecule has 0 saturated heterocycles. The van der Waals surface area contributed by atoms with Crippen LogP contribution in [0.5, 0.6) is 0 Å². The summed E-state index contributed by atoms with van der Waals surface area (Å²) in [5, 5.41) is 10.6. The molecule has 1 heterocycles. The summed E-state index contributed by atoms with van der Waals surface area (Å²) in [6, 6.07) is 2.33. The molecule has 0 bridgehead atoms. The van der Waals surface area contributed by atoms with Crippen LogP contribution in [0.3, 0.4) is 0 Å². The molecule has 1 N–H and O–H groups in total. The van der Waals surface area contributed by atoms with Gasteiger partial charge in [0.2, 0.25) is 0 Å². The number of rotatable bonds is 3. The van der Waals surface area contributed by atoms with Gasteiger partial charge in [-0.1, -0.05) is 13.0 Å². The fourth-order valence-corrected chi connectivity index (χ4v) is 8.76. The number of hydrogen-bond acceptors (Lipinski definition) is 2. The number of nitrogens with zero attached hydrogens (tertiary/aromatic N) is 1. The van der Waals surface area contributed by atoms with E-state index in [2.05, 4.69) is 38.0 Å². The van der Waals surface area contributed by atoms with Gasteiger partial charge in [-0.25, -0.2) is 0 Å². The topological polar surface area (TPSA) is 33.1 Å². The molecule has 2 heteroatoms. The van der Waals surface area contributed by atoms with Crippen molar-refractivity contribution in [1.82, 2.24) is 4.98 Å². The molecule has 160 valence electrons. The van der Waals surface area contributed by atoms with E-state index in [4.69, 9.17) is 0 Å². The van der Waals surface area contributed by atoms with Crippen LogP contribution in [0.25, 0.3) is 0 Å². The van der Waals surface area contributed by atoms with E-state index < -0.39 is 0 Å². The summed E-state index contributed by atoms with van der Waals surface area (Å²) in [4.78, 5) is 4.41. The molecule has 0 amide bonds. The minimum absolute atomic E-state index is 0.389. The van der Waals surface area contributed by atoms with Crippen LogP contribution in [-0.2, 0) is 6.42 Å². The van der Waals surface area contributed by atoms with Crippen LogP contribution < -0.4 is 0 Å². The quantitative estimate of drug-likeness (QED) is 0.647. The third-order valence-corrected chi connectivity index (χ3v) is 10.1. The SMILES string of the molecule is Cc1cncc(CC[C@H]2CC[C@H]3[C@@H]4CC[C@@H]5C[C@](C)(O)CC[C@@H]5[C@H]4CC[C@]23C)c1. The minimum Gasteiger partial charge on any atom is -0.390 e. The Hall–Kier alpha value is -0.890. The summed E-state index contributed by atoms with van der Waals surface area (Å²) < 4.78 is 0. The molecule has 1 aromatic rings. The van der Waals surface area contributed by atoms with Crippen molar-refractivity contribution in [2.45, 2.75) is 97.0 Å². The summed E-state index contributed by atoms with van der Waals surface area (Å²) in [6.07, 6.45) is 18.7. The second-order valence-corrected chi connectivity index (χ2v) is 11.9. The van der Waals surface area contributed by atoms with E-state index in [-0.39, 0.29) is 5.60 Å². The Kier molecular flexibility index (Phi) is 5.09. The van der Waals surface area contributed by atoms with Crippen molar-refractivity contribution in [2.75, 3.05) is 0 Å². The van der Waals surface area contributed by atoms with Crippen LogP contribution in [0.15, 0.2) is 18.5 Å². The van der Waals surface area contributed by atoms with Crippen LogP contribution >= 0.6 is 0 Å². The van der Waals surface area contributed by atoms with E-state index in [1.807, 2.05) is 6.20 Å². The molecule has 0 aromatic carbocycles. The molecule has 0 radical (unpaired) electrons. The lowest BCUT2D eigenvalue weighted by atomic mass is 9.49. The second kappa shape index (κ2) is 7.36. The zero-order valence-corrected chi connectivity index (χ0v) is 18.9. The van der Waals surface area contributed by atoms with Crippen molar-refractivity contribution in [3.8, 4) is 0 Å². The fourth-order valence-electron chi connectivity index (χ4n) is 8.76. The maximum absolute atomic E-state index is 10.6. The summed E-state index contributed by atoms with van der Waals surface area (Å²) in [7, 11) is 0. The second-order valence-electron chi connectivity index (χ2n) is 11.9. The van der Waals surface area contributed by atoms with E-state index >= 15 is 0 Å². The van der Waals surface area contributed by atoms with Crippen molar-refractivity contribution in [2.24, 2.45) is 40.9 Å². The van der Waals surface area contributed by atoms with Crippen molar-refractivity contribution < 1.29 is 5.11 Å². The van der Waals surface area contributed by atoms with E-state index in [1.165, 1.54) is 68.9 Å². The fraction of sp³-hybridized carbons (Fsp3) is 0.815. The highest BCUT2D eigenvalue weighted by molar-refractivity contribution is 5.17. The summed E-state index contributed by atoms with van der Waals surface area (Å²) in [5.74, 6) is 5.52. The Labute approximate surface area is 177 Å². The Bertz CT molecular complexity index is 742. The predicted molar refractivity (Wildman–Crippen MR) is 119 cm³/mol. The van der Waals surface area contributed by atoms with Crippen molar-refractivity contribution in [1.29, 1.82) is 0 Å². The average Bonchev–Trinajstić information content (AvgIpc) is 3.01. The number of aryl methyl sites for hydroxylation is 2. The third-order valence-electron chi connectivity index (χ3n) is 10.1. The van der Waals surface area contributed by atoms with Crippen LogP contribution in [0, 0.1) is 47.8 Å². The highest BCUT2D eigenvalue weighted by atomic mass is 16.3. The third kappa shape index (κ3) is 3.58. The molecule has 4 saturated carbocycles. The Morgan fingerprint density at radius 3 is 2.62 bits per heavy atom. The first-order valence-electron chi connectivity index (χ1n) is 12.5. The zero-order chi connectivity index (χ0) is 20.2. The Balaban J connectivity index is 1.27. The lowest BCUT2D eigenvalue weighted by molar-refractivity contribution is -0.0999. The molecule has 5 rings (SSSR count). The molecule has 4 fully saturated rings. The van der Waals surface area contributed by atoms with Gasteiger partial charge < -0.3 is 5.11 Å². The van der Waals surface area contributed by atoms with Gasteiger partial charge in [0, 0.05) is 12.4 Å². The van der Waals surface area contributed by atoms with Crippen molar-refractivity contribution in [3.63, 3.8) is 0 Å². The lowest BCUT2D eigenvalue weighted by Gasteiger charge is -2.57. The van der Waals surface area contributed by atoms with Crippen LogP contribution in [-0.4, -0.2) is 15.7 Å². The average molecular weight is 396 g/mol. The molecular formula is C27H41NO. The van der Waals surface area contributed by atoms with Gasteiger partial charge in [-0.05, 0) is 137 Å². The number of fused-ring (bicyclic) bond motifs is 5. The summed E-state index contributed by atoms with van der Waals surface area (Å²) in [6.45, 7) is 6.90. The van der Waals surface area contributed by atoms with Crippen LogP contribution in [0.1, 0.15) is 89.2 Å². The van der Waals surface area contributed by atoms with Gasteiger partial charge in [0.15, 0.2) is 0 Å². The smallest absolute Gasteiger partial charge is 0.0622 e. The van der Waals surface area contributed by atoms with Gasteiger partial charge in [-0.2, -0.15) is 0 Å². The first-order chi connectivity index (χ1) is 13.9. The highest BCUT2D eigenvalue weighted by Gasteiger charge is 2.57. The molecule has 0 unspecified atom stereocenters. The van der Waals surface area contributed by atoms with Gasteiger partial charge in [0.25, 0.3) is 0 Å². The van der Waals surface area contributed by atoms with Gasteiger partial charge in [0.05, 0.1) is 5.60 Å². The molecular weight excluding hydrogens is 354 g/mol. The van der Waals surface area contributed by atoms with Crippen molar-refractivity contribution >= 4 is 0 Å². The largest absolute Gasteiger partial charge is 0.390 e. The number of pyridine rings is 1. The van der Waals surface area contributed by atoms with Crippen LogP contribution in [0.4, 0.5) is 0 Å². The standard InChI is InChI=1S/C27H41NO/c1-18-14-19(17-28-16-18)4-6-21-7-9-25-24-8-5-20-15-26(2,29)12-10-22(20)23(24)11-13-27(21,25)3/h14,16-17,20-25,29H,4-13,15H2,1-3H3/t20-,21+,22+,23-,24-,25+,26-,27-/m1/s1. The summed E-state index contributed by atoms with van der Waals surface area (Å²) in [5.41, 5.74) is 2.91. The molecule has 0 spiro atoms. The van der Waals surface area contributed by atoms with E-state index in [0.717, 1.165) is 48.3 Å². The first-order valence-corrected chi connectivity index (χ1v) is 12.5. The summed E-state index contributed by atoms with van der Waals surface area (Å²) >= 11 is 0. The van der Waals surface area contributed by atoms with Crippen molar-refractivity contribution in [3.05, 3.63) is 29.6 Å². The van der Waals surface area contributed by atoms with E-state index in [0.29, 0.717) is 5.41 Å². The molecule has 8 atom stereocenters. The lowest BCUT2D eigenvalue weighted by Crippen LogP contribution is -2.50. The van der Waals surface area contributed by atoms with Gasteiger partial charge in [-0.3, -0.25) is 4.98 Å². The Morgan fingerprint density at radius 2 is 1.79 bits per heavy atom. The van der Waals surface area contributed by atoms with Gasteiger partial charge >= 0.3 is 0 Å². The predicted octanol–water partition coefficient (Wildman–Crippen LogP) is 6.34. The van der Waals surface area contributed by atoms with Gasteiger partial charge in [-0.15, -0.1) is 0 Å². The maximum Gasteiger partial charge on any atom is 0.0622 e. The molecule has 1 aromatic heterocycles. The number of aromatic nitrogens is 1. The van der Waals surface area contributed by atoms with E-state index in [1.54, 1.807) is 0 Å². The zero-order valence-electron chi connectivity index (χ0n) is 18.9. The highest BCUT2D eigenvalue weighted by Crippen LogP contribution is 2.65. The first kappa shape index (κ1) is 20.0. The van der Waals surface area contributed by atoms with Crippen LogP contribution in [0.2, 0.25) is 0 Å². The number of aliphatic hydroxyl groups is 1. The monoisotopic (exact) mass is 395 g/mol. The van der Waals surface area contributed by atoms with Gasteiger partial charge in [0.1, 0.15) is 0 Å².